The van der Waals surface area contributed by atoms with E-state index < -0.39 is 15.9 Å². The number of nitrogens with zero attached hydrogens (tertiary/aromatic N) is 1. The molecule has 3 aromatic carbocycles. The molecule has 1 atom stereocenters. The van der Waals surface area contributed by atoms with Crippen LogP contribution in [0.1, 0.15) is 33.6 Å². The number of nitrogens with one attached hydrogen (secondary N) is 2. The van der Waals surface area contributed by atoms with Crippen LogP contribution >= 0.6 is 0 Å². The summed E-state index contributed by atoms with van der Waals surface area (Å²) in [6, 6.07) is 21.1. The second-order valence-electron chi connectivity index (χ2n) is 8.18. The van der Waals surface area contributed by atoms with Crippen LogP contribution in [0.4, 0.5) is 11.4 Å². The first-order valence-corrected chi connectivity index (χ1v) is 12.7. The van der Waals surface area contributed by atoms with Crippen molar-refractivity contribution in [2.24, 2.45) is 0 Å². The van der Waals surface area contributed by atoms with Gasteiger partial charge >= 0.3 is 0 Å². The predicted octanol–water partition coefficient (Wildman–Crippen LogP) is 3.67. The maximum Gasteiger partial charge on any atom is 0.264 e. The van der Waals surface area contributed by atoms with E-state index in [1.807, 2.05) is 6.07 Å². The van der Waals surface area contributed by atoms with Crippen molar-refractivity contribution in [2.45, 2.75) is 23.8 Å². The Labute approximate surface area is 205 Å². The molecule has 8 nitrogen and oxygen atoms in total. The minimum atomic E-state index is -3.79. The Morgan fingerprint density at radius 2 is 1.63 bits per heavy atom. The summed E-state index contributed by atoms with van der Waals surface area (Å²) in [5.41, 5.74) is 1.50. The molecule has 4 rings (SSSR count). The van der Waals surface area contributed by atoms with Crippen LogP contribution in [0, 0.1) is 0 Å². The molecular formula is C26H27N3O5S. The zero-order valence-electron chi connectivity index (χ0n) is 19.3. The highest BCUT2D eigenvalue weighted by molar-refractivity contribution is 7.92. The van der Waals surface area contributed by atoms with E-state index in [2.05, 4.69) is 10.6 Å². The highest BCUT2D eigenvalue weighted by Gasteiger charge is 2.22. The number of hydrogen-bond donors (Lipinski definition) is 2. The molecule has 1 aliphatic heterocycles. The fourth-order valence-electron chi connectivity index (χ4n) is 3.80. The lowest BCUT2D eigenvalue weighted by Crippen LogP contribution is -2.32. The van der Waals surface area contributed by atoms with E-state index in [-0.39, 0.29) is 22.5 Å². The quantitative estimate of drug-likeness (QED) is 0.498. The summed E-state index contributed by atoms with van der Waals surface area (Å²) in [7, 11) is -2.31. The summed E-state index contributed by atoms with van der Waals surface area (Å²) in [4.78, 5) is 25.6. The Morgan fingerprint density at radius 1 is 0.943 bits per heavy atom. The first-order chi connectivity index (χ1) is 16.9. The smallest absolute Gasteiger partial charge is 0.264 e. The Balaban J connectivity index is 1.45. The fraction of sp³-hybridized carbons (Fsp3) is 0.231. The lowest BCUT2D eigenvalue weighted by Gasteiger charge is -2.19. The molecule has 0 saturated carbocycles. The lowest BCUT2D eigenvalue weighted by molar-refractivity contribution is 0.0858. The van der Waals surface area contributed by atoms with Gasteiger partial charge in [-0.15, -0.1) is 0 Å². The van der Waals surface area contributed by atoms with E-state index in [4.69, 9.17) is 4.74 Å². The molecular weight excluding hydrogens is 466 g/mol. The Morgan fingerprint density at radius 3 is 2.31 bits per heavy atom. The summed E-state index contributed by atoms with van der Waals surface area (Å²) in [6.07, 6.45) is 1.90. The standard InChI is InChI=1S/C26H27N3O5S/c1-29(20-8-3-2-4-9-20)35(32,33)22-15-13-19(14-16-22)25(30)28-24-12-6-5-11-23(24)26(31)27-18-21-10-7-17-34-21/h2-6,8-9,11-16,21H,7,10,17-18H2,1H3,(H,27,31)(H,28,30). The molecule has 182 valence electrons. The number of hydrogen-bond acceptors (Lipinski definition) is 5. The van der Waals surface area contributed by atoms with Crippen molar-refractivity contribution in [1.29, 1.82) is 0 Å². The SMILES string of the molecule is CN(c1ccccc1)S(=O)(=O)c1ccc(C(=O)Nc2ccccc2C(=O)NCC2CCCO2)cc1. The van der Waals surface area contributed by atoms with Gasteiger partial charge in [0.2, 0.25) is 0 Å². The third-order valence-corrected chi connectivity index (χ3v) is 7.63. The maximum atomic E-state index is 13.0. The highest BCUT2D eigenvalue weighted by atomic mass is 32.2. The number of carbonyl (C=O) groups excluding carboxylic acids is 2. The van der Waals surface area contributed by atoms with Gasteiger partial charge in [0, 0.05) is 25.8 Å². The largest absolute Gasteiger partial charge is 0.376 e. The second kappa shape index (κ2) is 10.7. The van der Waals surface area contributed by atoms with Crippen LogP contribution in [0.5, 0.6) is 0 Å². The molecule has 9 heteroatoms. The van der Waals surface area contributed by atoms with E-state index in [0.717, 1.165) is 12.8 Å². The van der Waals surface area contributed by atoms with Crippen molar-refractivity contribution in [3.8, 4) is 0 Å². The first-order valence-electron chi connectivity index (χ1n) is 11.3. The number of sulfonamides is 1. The second-order valence-corrected chi connectivity index (χ2v) is 10.1. The van der Waals surface area contributed by atoms with Gasteiger partial charge in [-0.25, -0.2) is 8.42 Å². The van der Waals surface area contributed by atoms with Crippen LogP contribution in [-0.4, -0.2) is 46.5 Å². The third-order valence-electron chi connectivity index (χ3n) is 5.83. The number of anilines is 2. The summed E-state index contributed by atoms with van der Waals surface area (Å²) < 4.78 is 32.6. The first kappa shape index (κ1) is 24.4. The van der Waals surface area contributed by atoms with Gasteiger partial charge in [0.1, 0.15) is 0 Å². The van der Waals surface area contributed by atoms with E-state index in [9.17, 15) is 18.0 Å². The Hall–Kier alpha value is -3.69. The molecule has 1 fully saturated rings. The minimum absolute atomic E-state index is 0.0106. The van der Waals surface area contributed by atoms with Crippen molar-refractivity contribution in [1.82, 2.24) is 5.32 Å². The molecule has 35 heavy (non-hydrogen) atoms. The lowest BCUT2D eigenvalue weighted by atomic mass is 10.1. The average molecular weight is 494 g/mol. The molecule has 1 unspecified atom stereocenters. The van der Waals surface area contributed by atoms with Crippen LogP contribution in [0.2, 0.25) is 0 Å². The molecule has 0 spiro atoms. The Kier molecular flexibility index (Phi) is 7.48. The molecule has 0 aliphatic carbocycles. The number of rotatable bonds is 8. The van der Waals surface area contributed by atoms with E-state index in [0.29, 0.717) is 30.1 Å². The summed E-state index contributed by atoms with van der Waals surface area (Å²) in [5.74, 6) is -0.758. The minimum Gasteiger partial charge on any atom is -0.376 e. The number of carbonyl (C=O) groups is 2. The zero-order valence-corrected chi connectivity index (χ0v) is 20.1. The molecule has 2 N–H and O–H groups in total. The van der Waals surface area contributed by atoms with Crippen LogP contribution in [0.25, 0.3) is 0 Å². The molecule has 2 amide bonds. The highest BCUT2D eigenvalue weighted by Crippen LogP contribution is 2.23. The normalized spacial score (nSPS) is 15.4. The van der Waals surface area contributed by atoms with Gasteiger partial charge in [0.25, 0.3) is 21.8 Å². The fourth-order valence-corrected chi connectivity index (χ4v) is 5.00. The van der Waals surface area contributed by atoms with Gasteiger partial charge in [-0.2, -0.15) is 0 Å². The monoisotopic (exact) mass is 493 g/mol. The van der Waals surface area contributed by atoms with Crippen molar-refractivity contribution in [3.05, 3.63) is 90.0 Å². The topological polar surface area (TPSA) is 105 Å². The van der Waals surface area contributed by atoms with Gasteiger partial charge in [-0.3, -0.25) is 13.9 Å². The van der Waals surface area contributed by atoms with Crippen molar-refractivity contribution in [3.63, 3.8) is 0 Å². The molecule has 0 bridgehead atoms. The van der Waals surface area contributed by atoms with Gasteiger partial charge in [0.05, 0.1) is 27.9 Å². The average Bonchev–Trinajstić information content (AvgIpc) is 3.41. The van der Waals surface area contributed by atoms with E-state index in [1.165, 1.54) is 35.6 Å². The van der Waals surface area contributed by atoms with Crippen molar-refractivity contribution in [2.75, 3.05) is 29.8 Å². The maximum absolute atomic E-state index is 13.0. The molecule has 0 aromatic heterocycles. The van der Waals surface area contributed by atoms with Crippen LogP contribution < -0.4 is 14.9 Å². The van der Waals surface area contributed by atoms with Crippen LogP contribution in [0.3, 0.4) is 0 Å². The number of benzene rings is 3. The van der Waals surface area contributed by atoms with Gasteiger partial charge in [-0.05, 0) is 61.4 Å². The van der Waals surface area contributed by atoms with Crippen LogP contribution in [0.15, 0.2) is 83.8 Å². The number of ether oxygens (including phenoxy) is 1. The predicted molar refractivity (Wildman–Crippen MR) is 134 cm³/mol. The molecule has 1 saturated heterocycles. The summed E-state index contributed by atoms with van der Waals surface area (Å²) in [5, 5.41) is 5.61. The number of amides is 2. The van der Waals surface area contributed by atoms with Crippen molar-refractivity contribution < 1.29 is 22.7 Å². The van der Waals surface area contributed by atoms with Gasteiger partial charge in [-0.1, -0.05) is 30.3 Å². The number of para-hydroxylation sites is 2. The van der Waals surface area contributed by atoms with Gasteiger partial charge in [0.15, 0.2) is 0 Å². The van der Waals surface area contributed by atoms with E-state index >= 15 is 0 Å². The molecule has 1 heterocycles. The molecule has 0 radical (unpaired) electrons. The van der Waals surface area contributed by atoms with Crippen LogP contribution in [-0.2, 0) is 14.8 Å². The third kappa shape index (κ3) is 5.70. The zero-order chi connectivity index (χ0) is 24.8. The van der Waals surface area contributed by atoms with E-state index in [1.54, 1.807) is 48.5 Å². The van der Waals surface area contributed by atoms with Crippen molar-refractivity contribution >= 4 is 33.2 Å². The van der Waals surface area contributed by atoms with Gasteiger partial charge < -0.3 is 15.4 Å². The summed E-state index contributed by atoms with van der Waals surface area (Å²) >= 11 is 0. The Bertz CT molecular complexity index is 1290. The molecule has 1 aliphatic rings. The summed E-state index contributed by atoms with van der Waals surface area (Å²) in [6.45, 7) is 1.12. The molecule has 3 aromatic rings.